The van der Waals surface area contributed by atoms with Crippen molar-refractivity contribution in [2.24, 2.45) is 0 Å². The third kappa shape index (κ3) is 3.74. The van der Waals surface area contributed by atoms with Gasteiger partial charge in [-0.25, -0.2) is 0 Å². The molecule has 2 aromatic rings. The zero-order valence-electron chi connectivity index (χ0n) is 10.2. The Labute approximate surface area is 118 Å². The second-order valence-electron chi connectivity index (χ2n) is 4.28. The van der Waals surface area contributed by atoms with Gasteiger partial charge in [0.1, 0.15) is 0 Å². The topological polar surface area (TPSA) is 12.0 Å². The molecule has 0 radical (unpaired) electrons. The van der Waals surface area contributed by atoms with E-state index >= 15 is 0 Å². The Morgan fingerprint density at radius 2 is 1.72 bits per heavy atom. The molecule has 0 heterocycles. The van der Waals surface area contributed by atoms with Crippen LogP contribution in [0.5, 0.6) is 0 Å². The van der Waals surface area contributed by atoms with Gasteiger partial charge in [0.15, 0.2) is 0 Å². The van der Waals surface area contributed by atoms with Crippen molar-refractivity contribution < 1.29 is 0 Å². The third-order valence-corrected chi connectivity index (χ3v) is 3.36. The standard InChI is InChI=1S/C15H15Cl2N/c1-11(13-3-2-4-15(17)9-13)18-10-12-5-7-14(16)8-6-12/h2-9,11,18H,10H2,1H3. The van der Waals surface area contributed by atoms with Crippen molar-refractivity contribution in [3.05, 3.63) is 69.7 Å². The molecule has 0 saturated heterocycles. The fourth-order valence-corrected chi connectivity index (χ4v) is 2.09. The number of nitrogens with one attached hydrogen (secondary N) is 1. The monoisotopic (exact) mass is 279 g/mol. The quantitative estimate of drug-likeness (QED) is 0.844. The van der Waals surface area contributed by atoms with Crippen LogP contribution in [-0.2, 0) is 6.54 Å². The highest BCUT2D eigenvalue weighted by atomic mass is 35.5. The minimum atomic E-state index is 0.263. The number of benzene rings is 2. The largest absolute Gasteiger partial charge is 0.306 e. The minimum Gasteiger partial charge on any atom is -0.306 e. The van der Waals surface area contributed by atoms with Crippen molar-refractivity contribution in [1.82, 2.24) is 5.32 Å². The number of rotatable bonds is 4. The first kappa shape index (κ1) is 13.4. The molecule has 0 fully saturated rings. The van der Waals surface area contributed by atoms with Gasteiger partial charge < -0.3 is 5.32 Å². The molecule has 1 nitrogen and oxygen atoms in total. The Morgan fingerprint density at radius 3 is 2.39 bits per heavy atom. The van der Waals surface area contributed by atoms with Crippen LogP contribution in [-0.4, -0.2) is 0 Å². The van der Waals surface area contributed by atoms with Crippen LogP contribution in [0.1, 0.15) is 24.1 Å². The van der Waals surface area contributed by atoms with Crippen LogP contribution in [0.3, 0.4) is 0 Å². The molecule has 0 spiro atoms. The molecule has 0 aromatic heterocycles. The van der Waals surface area contributed by atoms with Crippen molar-refractivity contribution in [3.8, 4) is 0 Å². The van der Waals surface area contributed by atoms with Gasteiger partial charge in [0, 0.05) is 22.6 Å². The van der Waals surface area contributed by atoms with Gasteiger partial charge >= 0.3 is 0 Å². The Bertz CT molecular complexity index is 508. The fourth-order valence-electron chi connectivity index (χ4n) is 1.77. The summed E-state index contributed by atoms with van der Waals surface area (Å²) in [6, 6.07) is 16.0. The third-order valence-electron chi connectivity index (χ3n) is 2.87. The summed E-state index contributed by atoms with van der Waals surface area (Å²) in [6.07, 6.45) is 0. The molecule has 1 unspecified atom stereocenters. The van der Waals surface area contributed by atoms with Gasteiger partial charge in [-0.15, -0.1) is 0 Å². The van der Waals surface area contributed by atoms with Crippen LogP contribution >= 0.6 is 23.2 Å². The fraction of sp³-hybridized carbons (Fsp3) is 0.200. The zero-order valence-corrected chi connectivity index (χ0v) is 11.7. The van der Waals surface area contributed by atoms with E-state index in [0.29, 0.717) is 0 Å². The van der Waals surface area contributed by atoms with Gasteiger partial charge in [-0.05, 0) is 42.3 Å². The molecule has 2 rings (SSSR count). The van der Waals surface area contributed by atoms with E-state index in [2.05, 4.69) is 18.3 Å². The lowest BCUT2D eigenvalue weighted by Crippen LogP contribution is -2.17. The first-order valence-corrected chi connectivity index (χ1v) is 6.64. The second kappa shape index (κ2) is 6.24. The normalized spacial score (nSPS) is 12.4. The lowest BCUT2D eigenvalue weighted by Gasteiger charge is -2.14. The molecule has 1 atom stereocenters. The molecule has 0 bridgehead atoms. The number of hydrogen-bond donors (Lipinski definition) is 1. The molecule has 1 N–H and O–H groups in total. The summed E-state index contributed by atoms with van der Waals surface area (Å²) in [4.78, 5) is 0. The van der Waals surface area contributed by atoms with E-state index in [1.165, 1.54) is 11.1 Å². The summed E-state index contributed by atoms with van der Waals surface area (Å²) >= 11 is 11.8. The lowest BCUT2D eigenvalue weighted by molar-refractivity contribution is 0.575. The highest BCUT2D eigenvalue weighted by Crippen LogP contribution is 2.18. The number of hydrogen-bond acceptors (Lipinski definition) is 1. The molecular formula is C15H15Cl2N. The molecule has 94 valence electrons. The lowest BCUT2D eigenvalue weighted by atomic mass is 10.1. The van der Waals surface area contributed by atoms with Gasteiger partial charge in [-0.3, -0.25) is 0 Å². The maximum atomic E-state index is 5.98. The van der Waals surface area contributed by atoms with E-state index in [4.69, 9.17) is 23.2 Å². The van der Waals surface area contributed by atoms with E-state index in [1.807, 2.05) is 42.5 Å². The summed E-state index contributed by atoms with van der Waals surface area (Å²) in [5.74, 6) is 0. The Hall–Kier alpha value is -1.02. The maximum absolute atomic E-state index is 5.98. The van der Waals surface area contributed by atoms with Crippen LogP contribution < -0.4 is 5.32 Å². The predicted octanol–water partition coefficient (Wildman–Crippen LogP) is 4.84. The minimum absolute atomic E-state index is 0.263. The average molecular weight is 280 g/mol. The summed E-state index contributed by atoms with van der Waals surface area (Å²) < 4.78 is 0. The van der Waals surface area contributed by atoms with E-state index in [9.17, 15) is 0 Å². The van der Waals surface area contributed by atoms with Crippen LogP contribution in [0, 0.1) is 0 Å². The maximum Gasteiger partial charge on any atom is 0.0409 e. The van der Waals surface area contributed by atoms with Crippen LogP contribution in [0.4, 0.5) is 0 Å². The van der Waals surface area contributed by atoms with E-state index in [0.717, 1.165) is 16.6 Å². The Balaban J connectivity index is 1.96. The van der Waals surface area contributed by atoms with Crippen molar-refractivity contribution >= 4 is 23.2 Å². The van der Waals surface area contributed by atoms with Crippen molar-refractivity contribution in [3.63, 3.8) is 0 Å². The number of halogens is 2. The molecule has 0 amide bonds. The average Bonchev–Trinajstić information content (AvgIpc) is 2.38. The summed E-state index contributed by atoms with van der Waals surface area (Å²) in [6.45, 7) is 2.94. The molecular weight excluding hydrogens is 265 g/mol. The smallest absolute Gasteiger partial charge is 0.0409 e. The highest BCUT2D eigenvalue weighted by Gasteiger charge is 2.05. The molecule has 0 aliphatic heterocycles. The summed E-state index contributed by atoms with van der Waals surface area (Å²) in [7, 11) is 0. The predicted molar refractivity (Wildman–Crippen MR) is 78.2 cm³/mol. The van der Waals surface area contributed by atoms with Crippen molar-refractivity contribution in [2.75, 3.05) is 0 Å². The second-order valence-corrected chi connectivity index (χ2v) is 5.16. The first-order chi connectivity index (χ1) is 8.65. The van der Waals surface area contributed by atoms with Crippen LogP contribution in [0.15, 0.2) is 48.5 Å². The van der Waals surface area contributed by atoms with Crippen LogP contribution in [0.25, 0.3) is 0 Å². The van der Waals surface area contributed by atoms with Crippen molar-refractivity contribution in [2.45, 2.75) is 19.5 Å². The van der Waals surface area contributed by atoms with Gasteiger partial charge in [0.2, 0.25) is 0 Å². The molecule has 3 heteroatoms. The molecule has 18 heavy (non-hydrogen) atoms. The first-order valence-electron chi connectivity index (χ1n) is 5.88. The molecule has 0 aliphatic rings. The van der Waals surface area contributed by atoms with E-state index in [1.54, 1.807) is 0 Å². The summed E-state index contributed by atoms with van der Waals surface area (Å²) in [5, 5.41) is 5.00. The molecule has 0 aliphatic carbocycles. The zero-order chi connectivity index (χ0) is 13.0. The highest BCUT2D eigenvalue weighted by molar-refractivity contribution is 6.30. The van der Waals surface area contributed by atoms with Gasteiger partial charge in [0.05, 0.1) is 0 Å². The Kier molecular flexibility index (Phi) is 4.65. The van der Waals surface area contributed by atoms with Crippen LogP contribution in [0.2, 0.25) is 10.0 Å². The summed E-state index contributed by atoms with van der Waals surface area (Å²) in [5.41, 5.74) is 2.41. The van der Waals surface area contributed by atoms with E-state index < -0.39 is 0 Å². The van der Waals surface area contributed by atoms with Crippen molar-refractivity contribution in [1.29, 1.82) is 0 Å². The van der Waals surface area contributed by atoms with Gasteiger partial charge in [0.25, 0.3) is 0 Å². The Morgan fingerprint density at radius 1 is 1.00 bits per heavy atom. The van der Waals surface area contributed by atoms with Gasteiger partial charge in [-0.1, -0.05) is 47.5 Å². The molecule has 0 saturated carbocycles. The van der Waals surface area contributed by atoms with E-state index in [-0.39, 0.29) is 6.04 Å². The van der Waals surface area contributed by atoms with Gasteiger partial charge in [-0.2, -0.15) is 0 Å². The SMILES string of the molecule is CC(NCc1ccc(Cl)cc1)c1cccc(Cl)c1. The molecule has 2 aromatic carbocycles.